The van der Waals surface area contributed by atoms with Crippen LogP contribution in [0.5, 0.6) is 0 Å². The van der Waals surface area contributed by atoms with Gasteiger partial charge in [-0.1, -0.05) is 77.0 Å². The molecule has 4 nitrogen and oxygen atoms in total. The predicted molar refractivity (Wildman–Crippen MR) is 120 cm³/mol. The summed E-state index contributed by atoms with van der Waals surface area (Å²) in [6.07, 6.45) is 23.4. The first-order valence-electron chi connectivity index (χ1n) is 13.0. The molecule has 0 aliphatic heterocycles. The van der Waals surface area contributed by atoms with Crippen LogP contribution in [0.25, 0.3) is 0 Å². The fraction of sp³-hybridized carbons (Fsp3) is 1.00. The molecule has 0 aromatic heterocycles. The van der Waals surface area contributed by atoms with Gasteiger partial charge in [0.15, 0.2) is 0 Å². The minimum atomic E-state index is -3.40. The molecular weight excluding hydrogens is 380 g/mol. The maximum atomic E-state index is 14.5. The van der Waals surface area contributed by atoms with Crippen LogP contribution >= 0.6 is 0 Å². The molecule has 4 rings (SSSR count). The van der Waals surface area contributed by atoms with Gasteiger partial charge in [0.2, 0.25) is 0 Å². The summed E-state index contributed by atoms with van der Waals surface area (Å²) in [6, 6.07) is 1.02. The Hall–Kier alpha value is -0.130. The fourth-order valence-corrected chi connectivity index (χ4v) is 9.37. The lowest BCUT2D eigenvalue weighted by molar-refractivity contribution is 0.121. The van der Waals surface area contributed by atoms with E-state index in [-0.39, 0.29) is 24.2 Å². The molecule has 0 aromatic rings. The van der Waals surface area contributed by atoms with Crippen molar-refractivity contribution in [2.24, 2.45) is 0 Å². The molecule has 0 unspecified atom stereocenters. The second-order valence-electron chi connectivity index (χ2n) is 10.3. The first-order chi connectivity index (χ1) is 14.2. The van der Waals surface area contributed by atoms with E-state index in [2.05, 4.69) is 8.61 Å². The molecule has 168 valence electrons. The van der Waals surface area contributed by atoms with Crippen molar-refractivity contribution in [2.75, 3.05) is 0 Å². The molecule has 29 heavy (non-hydrogen) atoms. The number of hydrogen-bond donors (Lipinski definition) is 0. The minimum absolute atomic E-state index is 0.256. The lowest BCUT2D eigenvalue weighted by Crippen LogP contribution is -2.59. The third-order valence-electron chi connectivity index (χ3n) is 8.27. The predicted octanol–water partition coefficient (Wildman–Crippen LogP) is 6.17. The first-order valence-corrected chi connectivity index (χ1v) is 14.4. The van der Waals surface area contributed by atoms with Gasteiger partial charge in [-0.2, -0.15) is 17.0 Å². The van der Waals surface area contributed by atoms with E-state index in [4.69, 9.17) is 0 Å². The average Bonchev–Trinajstić information content (AvgIpc) is 2.77. The molecule has 4 fully saturated rings. The van der Waals surface area contributed by atoms with Gasteiger partial charge in [-0.25, -0.2) is 0 Å². The van der Waals surface area contributed by atoms with Crippen molar-refractivity contribution >= 4 is 10.2 Å². The third-order valence-corrected chi connectivity index (χ3v) is 10.5. The first kappa shape index (κ1) is 22.1. The van der Waals surface area contributed by atoms with Crippen LogP contribution in [0.3, 0.4) is 0 Å². The lowest BCUT2D eigenvalue weighted by Gasteiger charge is -2.47. The van der Waals surface area contributed by atoms with Crippen LogP contribution in [-0.2, 0) is 10.2 Å². The Labute approximate surface area is 180 Å². The van der Waals surface area contributed by atoms with Crippen molar-refractivity contribution in [2.45, 2.75) is 153 Å². The highest BCUT2D eigenvalue weighted by Crippen LogP contribution is 2.38. The highest BCUT2D eigenvalue weighted by atomic mass is 32.2. The smallest absolute Gasteiger partial charge is 0.195 e. The van der Waals surface area contributed by atoms with Gasteiger partial charge in [0.05, 0.1) is 0 Å². The fourth-order valence-electron chi connectivity index (χ4n) is 6.80. The molecule has 4 saturated carbocycles. The van der Waals surface area contributed by atoms with Gasteiger partial charge in [0.25, 0.3) is 10.2 Å². The van der Waals surface area contributed by atoms with Gasteiger partial charge in [-0.3, -0.25) is 0 Å². The Morgan fingerprint density at radius 1 is 0.379 bits per heavy atom. The summed E-state index contributed by atoms with van der Waals surface area (Å²) in [7, 11) is -3.40. The Bertz CT molecular complexity index is 502. The Balaban J connectivity index is 1.65. The normalized spacial score (nSPS) is 27.7. The van der Waals surface area contributed by atoms with Crippen molar-refractivity contribution < 1.29 is 8.42 Å². The summed E-state index contributed by atoms with van der Waals surface area (Å²) < 4.78 is 33.2. The van der Waals surface area contributed by atoms with E-state index in [1.165, 1.54) is 77.0 Å². The molecule has 0 aromatic carbocycles. The molecule has 0 saturated heterocycles. The van der Waals surface area contributed by atoms with E-state index >= 15 is 0 Å². The van der Waals surface area contributed by atoms with Gasteiger partial charge in [0, 0.05) is 24.2 Å². The number of rotatable bonds is 6. The van der Waals surface area contributed by atoms with Gasteiger partial charge in [-0.05, 0) is 51.4 Å². The van der Waals surface area contributed by atoms with E-state index in [1.54, 1.807) is 0 Å². The molecule has 4 aliphatic carbocycles. The van der Waals surface area contributed by atoms with Gasteiger partial charge in [0.1, 0.15) is 0 Å². The molecule has 0 atom stereocenters. The lowest BCUT2D eigenvalue weighted by atomic mass is 9.91. The number of nitrogens with zero attached hydrogens (tertiary/aromatic N) is 2. The van der Waals surface area contributed by atoms with Crippen LogP contribution in [0.2, 0.25) is 0 Å². The van der Waals surface area contributed by atoms with E-state index in [1.807, 2.05) is 0 Å². The van der Waals surface area contributed by atoms with Gasteiger partial charge in [-0.15, -0.1) is 0 Å². The summed E-state index contributed by atoms with van der Waals surface area (Å²) in [4.78, 5) is 0. The van der Waals surface area contributed by atoms with Crippen LogP contribution in [0.4, 0.5) is 0 Å². The second-order valence-corrected chi connectivity index (χ2v) is 12.1. The molecule has 0 N–H and O–H groups in total. The molecule has 4 aliphatic rings. The van der Waals surface area contributed by atoms with Crippen molar-refractivity contribution in [3.63, 3.8) is 0 Å². The van der Waals surface area contributed by atoms with Crippen LogP contribution in [-0.4, -0.2) is 41.2 Å². The van der Waals surface area contributed by atoms with E-state index < -0.39 is 10.2 Å². The minimum Gasteiger partial charge on any atom is -0.195 e. The molecule has 0 spiro atoms. The summed E-state index contributed by atoms with van der Waals surface area (Å²) in [6.45, 7) is 0. The van der Waals surface area contributed by atoms with E-state index in [0.29, 0.717) is 0 Å². The highest BCUT2D eigenvalue weighted by Gasteiger charge is 2.45. The zero-order valence-corrected chi connectivity index (χ0v) is 19.4. The monoisotopic (exact) mass is 424 g/mol. The Kier molecular flexibility index (Phi) is 7.96. The van der Waals surface area contributed by atoms with Crippen molar-refractivity contribution in [3.05, 3.63) is 0 Å². The Morgan fingerprint density at radius 2 is 0.586 bits per heavy atom. The van der Waals surface area contributed by atoms with Crippen LogP contribution in [0, 0.1) is 0 Å². The SMILES string of the molecule is O=S(=O)(N(C1CCCCC1)C1CCCCC1)N(C1CCCCC1)C1CCCCC1. The summed E-state index contributed by atoms with van der Waals surface area (Å²) in [5, 5.41) is 0. The summed E-state index contributed by atoms with van der Waals surface area (Å²) in [5.74, 6) is 0. The second kappa shape index (κ2) is 10.5. The average molecular weight is 425 g/mol. The topological polar surface area (TPSA) is 40.6 Å². The van der Waals surface area contributed by atoms with Gasteiger partial charge >= 0.3 is 0 Å². The van der Waals surface area contributed by atoms with Gasteiger partial charge < -0.3 is 0 Å². The maximum absolute atomic E-state index is 14.5. The highest BCUT2D eigenvalue weighted by molar-refractivity contribution is 7.86. The van der Waals surface area contributed by atoms with E-state index in [0.717, 1.165) is 51.4 Å². The molecular formula is C24H44N2O2S. The zero-order chi connectivity index (χ0) is 20.1. The largest absolute Gasteiger partial charge is 0.282 e. The molecule has 0 heterocycles. The zero-order valence-electron chi connectivity index (χ0n) is 18.6. The van der Waals surface area contributed by atoms with Crippen LogP contribution in [0.15, 0.2) is 0 Å². The third kappa shape index (κ3) is 5.20. The van der Waals surface area contributed by atoms with Crippen LogP contribution < -0.4 is 0 Å². The molecule has 5 heteroatoms. The molecule has 0 amide bonds. The van der Waals surface area contributed by atoms with Crippen molar-refractivity contribution in [1.29, 1.82) is 0 Å². The van der Waals surface area contributed by atoms with E-state index in [9.17, 15) is 8.42 Å². The van der Waals surface area contributed by atoms with Crippen molar-refractivity contribution in [3.8, 4) is 0 Å². The number of hydrogen-bond acceptors (Lipinski definition) is 2. The summed E-state index contributed by atoms with van der Waals surface area (Å²) in [5.41, 5.74) is 0. The van der Waals surface area contributed by atoms with Crippen molar-refractivity contribution in [1.82, 2.24) is 8.61 Å². The standard InChI is InChI=1S/C24H44N2O2S/c27-29(28,25(21-13-5-1-6-14-21)22-15-7-2-8-16-22)26(23-17-9-3-10-18-23)24-19-11-4-12-20-24/h21-24H,1-20H2. The molecule has 0 radical (unpaired) electrons. The Morgan fingerprint density at radius 3 is 0.793 bits per heavy atom. The van der Waals surface area contributed by atoms with Crippen LogP contribution in [0.1, 0.15) is 128 Å². The maximum Gasteiger partial charge on any atom is 0.282 e. The summed E-state index contributed by atoms with van der Waals surface area (Å²) >= 11 is 0. The molecule has 0 bridgehead atoms. The quantitative estimate of drug-likeness (QED) is 0.512.